The molecule has 0 spiro atoms. The number of benzene rings is 1. The predicted octanol–water partition coefficient (Wildman–Crippen LogP) is 4.13. The Morgan fingerprint density at radius 3 is 2.65 bits per heavy atom. The lowest BCUT2D eigenvalue weighted by atomic mass is 10.3. The van der Waals surface area contributed by atoms with Gasteiger partial charge in [-0.2, -0.15) is 13.2 Å². The summed E-state index contributed by atoms with van der Waals surface area (Å²) in [6, 6.07) is 4.74. The molecule has 0 radical (unpaired) electrons. The van der Waals surface area contributed by atoms with E-state index in [0.717, 1.165) is 11.8 Å². The number of ether oxygens (including phenoxy) is 1. The summed E-state index contributed by atoms with van der Waals surface area (Å²) in [4.78, 5) is 23.1. The first-order valence-corrected chi connectivity index (χ1v) is 7.36. The fourth-order valence-corrected chi connectivity index (χ4v) is 2.67. The van der Waals surface area contributed by atoms with Crippen LogP contribution >= 0.6 is 11.8 Å². The van der Waals surface area contributed by atoms with E-state index in [0.29, 0.717) is 22.3 Å². The lowest BCUT2D eigenvalue weighted by Gasteiger charge is -2.10. The molecule has 0 atom stereocenters. The second-order valence-corrected chi connectivity index (χ2v) is 5.97. The molecule has 0 unspecified atom stereocenters. The zero-order valence-electron chi connectivity index (χ0n) is 12.2. The molecule has 0 aliphatic carbocycles. The summed E-state index contributed by atoms with van der Waals surface area (Å²) in [6.45, 7) is 3.41. The smallest absolute Gasteiger partial charge is 0.447 e. The highest BCUT2D eigenvalue weighted by atomic mass is 32.2. The average molecular weight is 346 g/mol. The Balaban J connectivity index is 2.08. The van der Waals surface area contributed by atoms with Gasteiger partial charge >= 0.3 is 12.3 Å². The van der Waals surface area contributed by atoms with Gasteiger partial charge in [0.2, 0.25) is 0 Å². The van der Waals surface area contributed by atoms with Crippen molar-refractivity contribution in [3.63, 3.8) is 0 Å². The van der Waals surface area contributed by atoms with Crippen LogP contribution < -0.4 is 10.6 Å². The molecule has 1 aliphatic heterocycles. The Labute approximate surface area is 134 Å². The molecule has 9 heteroatoms. The van der Waals surface area contributed by atoms with Gasteiger partial charge in [-0.25, -0.2) is 4.79 Å². The topological polar surface area (TPSA) is 67.4 Å². The van der Waals surface area contributed by atoms with Crippen molar-refractivity contribution in [2.24, 2.45) is 0 Å². The molecule has 23 heavy (non-hydrogen) atoms. The van der Waals surface area contributed by atoms with Crippen LogP contribution in [0.1, 0.15) is 13.8 Å². The zero-order valence-corrected chi connectivity index (χ0v) is 13.0. The minimum atomic E-state index is -4.91. The second-order valence-electron chi connectivity index (χ2n) is 4.89. The fraction of sp³-hybridized carbons (Fsp3) is 0.286. The number of fused-ring (bicyclic) bond motifs is 1. The van der Waals surface area contributed by atoms with Gasteiger partial charge in [0.05, 0.1) is 16.8 Å². The molecule has 1 heterocycles. The van der Waals surface area contributed by atoms with Crippen LogP contribution in [0.25, 0.3) is 0 Å². The van der Waals surface area contributed by atoms with E-state index in [1.807, 2.05) is 0 Å². The number of thioether (sulfide) groups is 1. The first-order valence-electron chi connectivity index (χ1n) is 6.54. The van der Waals surface area contributed by atoms with Gasteiger partial charge in [-0.05, 0) is 32.0 Å². The van der Waals surface area contributed by atoms with Gasteiger partial charge in [0.25, 0.3) is 5.78 Å². The van der Waals surface area contributed by atoms with Gasteiger partial charge in [0, 0.05) is 16.7 Å². The van der Waals surface area contributed by atoms with Crippen LogP contribution in [0.2, 0.25) is 0 Å². The number of halogens is 3. The van der Waals surface area contributed by atoms with E-state index in [9.17, 15) is 22.8 Å². The highest BCUT2D eigenvalue weighted by molar-refractivity contribution is 8.03. The van der Waals surface area contributed by atoms with Crippen LogP contribution in [0, 0.1) is 0 Å². The van der Waals surface area contributed by atoms with Gasteiger partial charge < -0.3 is 10.1 Å². The molecule has 5 nitrogen and oxygen atoms in total. The Morgan fingerprint density at radius 1 is 1.35 bits per heavy atom. The lowest BCUT2D eigenvalue weighted by Crippen LogP contribution is -2.20. The summed E-state index contributed by atoms with van der Waals surface area (Å²) in [7, 11) is 0. The van der Waals surface area contributed by atoms with Gasteiger partial charge in [0.1, 0.15) is 0 Å². The van der Waals surface area contributed by atoms with E-state index in [1.165, 1.54) is 0 Å². The minimum absolute atomic E-state index is 0.0734. The zero-order chi connectivity index (χ0) is 17.2. The summed E-state index contributed by atoms with van der Waals surface area (Å²) in [5.41, 5.74) is 0.992. The van der Waals surface area contributed by atoms with E-state index >= 15 is 0 Å². The van der Waals surface area contributed by atoms with Crippen LogP contribution in [0.5, 0.6) is 0 Å². The fourth-order valence-electron chi connectivity index (χ4n) is 1.69. The molecule has 2 N–H and O–H groups in total. The number of rotatable bonds is 3. The van der Waals surface area contributed by atoms with Crippen molar-refractivity contribution < 1.29 is 27.5 Å². The van der Waals surface area contributed by atoms with Crippen molar-refractivity contribution in [1.29, 1.82) is 0 Å². The SMILES string of the molecule is CC(C)OC(=O)Nc1ccc2c(c1)S/C(=C/C(=O)C(F)(F)F)N2. The second kappa shape index (κ2) is 6.53. The standard InChI is InChI=1S/C14H13F3N2O3S/c1-7(2)22-13(21)18-8-3-4-9-10(5-8)23-12(19-9)6-11(20)14(15,16)17/h3-7,19H,1-2H3,(H,18,21)/b12-6+. The Hall–Kier alpha value is -2.16. The molecular formula is C14H13F3N2O3S. The number of carbonyl (C=O) groups excluding carboxylic acids is 2. The molecule has 1 aromatic carbocycles. The normalized spacial score (nSPS) is 15.3. The highest BCUT2D eigenvalue weighted by Crippen LogP contribution is 2.42. The number of alkyl halides is 3. The van der Waals surface area contributed by atoms with Crippen molar-refractivity contribution in [3.05, 3.63) is 29.3 Å². The van der Waals surface area contributed by atoms with Crippen molar-refractivity contribution in [2.75, 3.05) is 10.6 Å². The highest BCUT2D eigenvalue weighted by Gasteiger charge is 2.37. The first kappa shape index (κ1) is 17.2. The molecule has 0 saturated carbocycles. The lowest BCUT2D eigenvalue weighted by molar-refractivity contribution is -0.165. The van der Waals surface area contributed by atoms with Crippen molar-refractivity contribution in [2.45, 2.75) is 31.0 Å². The predicted molar refractivity (Wildman–Crippen MR) is 80.3 cm³/mol. The van der Waals surface area contributed by atoms with Gasteiger partial charge in [-0.15, -0.1) is 0 Å². The first-order chi connectivity index (χ1) is 10.6. The van der Waals surface area contributed by atoms with E-state index < -0.39 is 18.1 Å². The van der Waals surface area contributed by atoms with E-state index in [1.54, 1.807) is 32.0 Å². The molecule has 0 aromatic heterocycles. The third kappa shape index (κ3) is 4.65. The van der Waals surface area contributed by atoms with Gasteiger partial charge in [-0.1, -0.05) is 11.8 Å². The van der Waals surface area contributed by atoms with Crippen molar-refractivity contribution in [1.82, 2.24) is 0 Å². The van der Waals surface area contributed by atoms with E-state index in [4.69, 9.17) is 4.74 Å². The average Bonchev–Trinajstić information content (AvgIpc) is 2.77. The summed E-state index contributed by atoms with van der Waals surface area (Å²) < 4.78 is 41.7. The number of carbonyl (C=O) groups is 2. The maximum Gasteiger partial charge on any atom is 0.454 e. The maximum atomic E-state index is 12.3. The van der Waals surface area contributed by atoms with Gasteiger partial charge in [0.15, 0.2) is 0 Å². The van der Waals surface area contributed by atoms with Crippen LogP contribution in [0.4, 0.5) is 29.3 Å². The number of amides is 1. The maximum absolute atomic E-state index is 12.3. The van der Waals surface area contributed by atoms with Crippen LogP contribution in [0.3, 0.4) is 0 Å². The number of ketones is 1. The Kier molecular flexibility index (Phi) is 4.88. The molecule has 0 bridgehead atoms. The molecule has 1 amide bonds. The number of hydrogen-bond donors (Lipinski definition) is 2. The largest absolute Gasteiger partial charge is 0.454 e. The third-order valence-electron chi connectivity index (χ3n) is 2.59. The molecule has 124 valence electrons. The van der Waals surface area contributed by atoms with E-state index in [-0.39, 0.29) is 11.1 Å². The number of hydrogen-bond acceptors (Lipinski definition) is 5. The molecular weight excluding hydrogens is 333 g/mol. The molecule has 0 saturated heterocycles. The van der Waals surface area contributed by atoms with Crippen molar-refractivity contribution >= 4 is 35.0 Å². The van der Waals surface area contributed by atoms with Crippen LogP contribution in [0.15, 0.2) is 34.2 Å². The molecule has 0 fully saturated rings. The monoisotopic (exact) mass is 346 g/mol. The molecule has 2 rings (SSSR count). The summed E-state index contributed by atoms with van der Waals surface area (Å²) in [6.07, 6.45) is -5.30. The summed E-state index contributed by atoms with van der Waals surface area (Å²) in [5, 5.41) is 5.30. The number of nitrogens with one attached hydrogen (secondary N) is 2. The molecule has 1 aromatic rings. The Morgan fingerprint density at radius 2 is 2.04 bits per heavy atom. The Bertz CT molecular complexity index is 672. The quantitative estimate of drug-likeness (QED) is 0.806. The van der Waals surface area contributed by atoms with Crippen LogP contribution in [-0.2, 0) is 9.53 Å². The minimum Gasteiger partial charge on any atom is -0.447 e. The van der Waals surface area contributed by atoms with Crippen molar-refractivity contribution in [3.8, 4) is 0 Å². The number of anilines is 2. The summed E-state index contributed by atoms with van der Waals surface area (Å²) >= 11 is 0.973. The summed E-state index contributed by atoms with van der Waals surface area (Å²) in [5.74, 6) is -1.93. The number of allylic oxidation sites excluding steroid dienone is 1. The van der Waals surface area contributed by atoms with Gasteiger partial charge in [-0.3, -0.25) is 10.1 Å². The molecule has 1 aliphatic rings. The van der Waals surface area contributed by atoms with E-state index in [2.05, 4.69) is 10.6 Å². The van der Waals surface area contributed by atoms with Crippen LogP contribution in [-0.4, -0.2) is 24.2 Å². The third-order valence-corrected chi connectivity index (χ3v) is 3.59.